The van der Waals surface area contributed by atoms with Gasteiger partial charge in [-0.1, -0.05) is 0 Å². The van der Waals surface area contributed by atoms with Gasteiger partial charge in [-0.05, 0) is 24.4 Å². The number of aromatic amines is 1. The smallest absolute Gasteiger partial charge is 0.242 e. The standard InChI is InChI=1S/C13H11FN4O2S/c1-19-9-5-7(14)3-4-8(9)18-11-10(17-13(18)21)12(20-2)16-6-15-11/h3-6H,1-2H3,(H,17,21). The zero-order valence-electron chi connectivity index (χ0n) is 11.3. The SMILES string of the molecule is COc1cc(F)ccc1-n1c(=S)[nH]c2c(OC)ncnc21. The van der Waals surface area contributed by atoms with Gasteiger partial charge in [-0.15, -0.1) is 0 Å². The van der Waals surface area contributed by atoms with E-state index in [-0.39, 0.29) is 0 Å². The molecule has 0 aliphatic rings. The predicted molar refractivity (Wildman–Crippen MR) is 77.1 cm³/mol. The second-order valence-corrected chi connectivity index (χ2v) is 4.55. The first-order chi connectivity index (χ1) is 10.2. The van der Waals surface area contributed by atoms with Crippen LogP contribution in [0, 0.1) is 10.6 Å². The van der Waals surface area contributed by atoms with Crippen LogP contribution in [0.2, 0.25) is 0 Å². The summed E-state index contributed by atoms with van der Waals surface area (Å²) in [6.45, 7) is 0. The van der Waals surface area contributed by atoms with Crippen LogP contribution in [-0.2, 0) is 0 Å². The molecule has 8 heteroatoms. The number of H-pyrrole nitrogens is 1. The molecule has 1 N–H and O–H groups in total. The number of halogens is 1. The van der Waals surface area contributed by atoms with Crippen LogP contribution in [0.1, 0.15) is 0 Å². The van der Waals surface area contributed by atoms with E-state index in [2.05, 4.69) is 15.0 Å². The molecule has 0 radical (unpaired) electrons. The minimum Gasteiger partial charge on any atom is -0.494 e. The van der Waals surface area contributed by atoms with E-state index in [0.717, 1.165) is 0 Å². The highest BCUT2D eigenvalue weighted by Gasteiger charge is 2.16. The maximum Gasteiger partial charge on any atom is 0.242 e. The van der Waals surface area contributed by atoms with Crippen molar-refractivity contribution < 1.29 is 13.9 Å². The van der Waals surface area contributed by atoms with E-state index in [1.807, 2.05) is 0 Å². The van der Waals surface area contributed by atoms with Crippen molar-refractivity contribution in [1.29, 1.82) is 0 Å². The molecule has 0 spiro atoms. The van der Waals surface area contributed by atoms with E-state index in [0.29, 0.717) is 33.3 Å². The highest BCUT2D eigenvalue weighted by Crippen LogP contribution is 2.29. The van der Waals surface area contributed by atoms with Gasteiger partial charge in [0.25, 0.3) is 0 Å². The van der Waals surface area contributed by atoms with E-state index in [1.165, 1.54) is 32.7 Å². The number of imidazole rings is 1. The molecule has 2 heterocycles. The zero-order chi connectivity index (χ0) is 15.0. The maximum absolute atomic E-state index is 13.3. The molecule has 0 saturated heterocycles. The van der Waals surface area contributed by atoms with Crippen LogP contribution in [0.25, 0.3) is 16.9 Å². The third-order valence-corrected chi connectivity index (χ3v) is 3.30. The monoisotopic (exact) mass is 306 g/mol. The second-order valence-electron chi connectivity index (χ2n) is 4.16. The molecular weight excluding hydrogens is 295 g/mol. The minimum absolute atomic E-state index is 0.351. The molecule has 0 atom stereocenters. The molecule has 0 aliphatic heterocycles. The first kappa shape index (κ1) is 13.5. The van der Waals surface area contributed by atoms with Crippen molar-refractivity contribution in [3.8, 4) is 17.3 Å². The summed E-state index contributed by atoms with van der Waals surface area (Å²) in [5, 5.41) is 0. The lowest BCUT2D eigenvalue weighted by atomic mass is 10.3. The van der Waals surface area contributed by atoms with Gasteiger partial charge in [0.2, 0.25) is 5.88 Å². The molecule has 1 aromatic carbocycles. The molecule has 0 fully saturated rings. The second kappa shape index (κ2) is 5.13. The fourth-order valence-corrected chi connectivity index (χ4v) is 2.40. The molecule has 2 aromatic heterocycles. The van der Waals surface area contributed by atoms with Crippen molar-refractivity contribution in [2.45, 2.75) is 0 Å². The molecule has 0 amide bonds. The maximum atomic E-state index is 13.3. The number of nitrogens with zero attached hydrogens (tertiary/aromatic N) is 3. The van der Waals surface area contributed by atoms with Crippen LogP contribution in [0.4, 0.5) is 4.39 Å². The normalized spacial score (nSPS) is 10.8. The van der Waals surface area contributed by atoms with Crippen molar-refractivity contribution in [2.24, 2.45) is 0 Å². The molecule has 6 nitrogen and oxygen atoms in total. The van der Waals surface area contributed by atoms with Crippen LogP contribution >= 0.6 is 12.2 Å². The van der Waals surface area contributed by atoms with Crippen LogP contribution in [0.5, 0.6) is 11.6 Å². The quantitative estimate of drug-likeness (QED) is 0.754. The third-order valence-electron chi connectivity index (χ3n) is 3.02. The molecule has 3 rings (SSSR count). The topological polar surface area (TPSA) is 65.0 Å². The Hall–Kier alpha value is -2.48. The van der Waals surface area contributed by atoms with E-state index in [9.17, 15) is 4.39 Å². The van der Waals surface area contributed by atoms with Gasteiger partial charge in [0.05, 0.1) is 19.9 Å². The van der Waals surface area contributed by atoms with E-state index < -0.39 is 5.82 Å². The summed E-state index contributed by atoms with van der Waals surface area (Å²) in [5.74, 6) is 0.338. The molecule has 0 unspecified atom stereocenters. The summed E-state index contributed by atoms with van der Waals surface area (Å²) in [7, 11) is 2.97. The van der Waals surface area contributed by atoms with Gasteiger partial charge in [0, 0.05) is 6.07 Å². The number of fused-ring (bicyclic) bond motifs is 1. The number of hydrogen-bond donors (Lipinski definition) is 1. The number of nitrogens with one attached hydrogen (secondary N) is 1. The summed E-state index contributed by atoms with van der Waals surface area (Å²) >= 11 is 5.32. The molecule has 3 aromatic rings. The van der Waals surface area contributed by atoms with Crippen molar-refractivity contribution in [3.63, 3.8) is 0 Å². The summed E-state index contributed by atoms with van der Waals surface area (Å²) in [6.07, 6.45) is 1.37. The van der Waals surface area contributed by atoms with Crippen LogP contribution < -0.4 is 9.47 Å². The van der Waals surface area contributed by atoms with Gasteiger partial charge in [0.1, 0.15) is 23.4 Å². The first-order valence-electron chi connectivity index (χ1n) is 5.99. The lowest BCUT2D eigenvalue weighted by Gasteiger charge is -2.09. The molecule has 108 valence electrons. The lowest BCUT2D eigenvalue weighted by Crippen LogP contribution is -2.00. The highest BCUT2D eigenvalue weighted by molar-refractivity contribution is 7.71. The largest absolute Gasteiger partial charge is 0.494 e. The third kappa shape index (κ3) is 2.13. The number of hydrogen-bond acceptors (Lipinski definition) is 5. The van der Waals surface area contributed by atoms with Crippen LogP contribution in [0.15, 0.2) is 24.5 Å². The summed E-state index contributed by atoms with van der Waals surface area (Å²) in [4.78, 5) is 11.2. The summed E-state index contributed by atoms with van der Waals surface area (Å²) in [5.41, 5.74) is 1.67. The van der Waals surface area contributed by atoms with Gasteiger partial charge in [-0.2, -0.15) is 4.98 Å². The Bertz CT molecular complexity index is 874. The first-order valence-corrected chi connectivity index (χ1v) is 6.40. The Morgan fingerprint density at radius 2 is 2.05 bits per heavy atom. The number of aromatic nitrogens is 4. The molecule has 0 bridgehead atoms. The number of methoxy groups -OCH3 is 2. The summed E-state index contributed by atoms with van der Waals surface area (Å²) in [6, 6.07) is 4.19. The van der Waals surface area contributed by atoms with Crippen molar-refractivity contribution in [2.75, 3.05) is 14.2 Å². The van der Waals surface area contributed by atoms with Gasteiger partial charge in [-0.3, -0.25) is 4.57 Å². The Balaban J connectivity index is 2.36. The van der Waals surface area contributed by atoms with Crippen molar-refractivity contribution >= 4 is 23.4 Å². The zero-order valence-corrected chi connectivity index (χ0v) is 12.1. The fraction of sp³-hybridized carbons (Fsp3) is 0.154. The molecule has 0 saturated carbocycles. The summed E-state index contributed by atoms with van der Waals surface area (Å²) < 4.78 is 25.8. The number of ether oxygens (including phenoxy) is 2. The number of benzene rings is 1. The van der Waals surface area contributed by atoms with E-state index in [1.54, 1.807) is 10.6 Å². The molecule has 0 aliphatic carbocycles. The van der Waals surface area contributed by atoms with E-state index in [4.69, 9.17) is 21.7 Å². The Labute approximate surface area is 124 Å². The Morgan fingerprint density at radius 3 is 2.76 bits per heavy atom. The lowest BCUT2D eigenvalue weighted by molar-refractivity contribution is 0.401. The average molecular weight is 306 g/mol. The van der Waals surface area contributed by atoms with Gasteiger partial charge >= 0.3 is 0 Å². The van der Waals surface area contributed by atoms with E-state index >= 15 is 0 Å². The van der Waals surface area contributed by atoms with Gasteiger partial charge in [0.15, 0.2) is 10.4 Å². The molecular formula is C13H11FN4O2S. The fourth-order valence-electron chi connectivity index (χ4n) is 2.11. The van der Waals surface area contributed by atoms with Gasteiger partial charge in [-0.25, -0.2) is 9.37 Å². The highest BCUT2D eigenvalue weighted by atomic mass is 32.1. The Morgan fingerprint density at radius 1 is 1.24 bits per heavy atom. The van der Waals surface area contributed by atoms with Crippen molar-refractivity contribution in [1.82, 2.24) is 19.5 Å². The molecule has 21 heavy (non-hydrogen) atoms. The average Bonchev–Trinajstić information content (AvgIpc) is 2.83. The van der Waals surface area contributed by atoms with Crippen LogP contribution in [0.3, 0.4) is 0 Å². The number of rotatable bonds is 3. The van der Waals surface area contributed by atoms with Crippen molar-refractivity contribution in [3.05, 3.63) is 35.1 Å². The Kier molecular flexibility index (Phi) is 3.30. The predicted octanol–water partition coefficient (Wildman–Crippen LogP) is 2.63. The minimum atomic E-state index is -0.394. The van der Waals surface area contributed by atoms with Crippen LogP contribution in [-0.4, -0.2) is 33.7 Å². The van der Waals surface area contributed by atoms with Gasteiger partial charge < -0.3 is 14.5 Å².